The predicted octanol–water partition coefficient (Wildman–Crippen LogP) is -0.421. The van der Waals surface area contributed by atoms with Gasteiger partial charge in [0.2, 0.25) is 0 Å². The molecule has 2 aliphatic heterocycles. The highest BCUT2D eigenvalue weighted by Crippen LogP contribution is 2.25. The fourth-order valence-electron chi connectivity index (χ4n) is 2.67. The molecule has 0 aromatic carbocycles. The molecule has 21 heavy (non-hydrogen) atoms. The van der Waals surface area contributed by atoms with Gasteiger partial charge in [-0.2, -0.15) is 27.4 Å². The maximum absolute atomic E-state index is 12.5. The van der Waals surface area contributed by atoms with Gasteiger partial charge in [-0.25, -0.2) is 0 Å². The van der Waals surface area contributed by atoms with E-state index >= 15 is 0 Å². The zero-order valence-electron chi connectivity index (χ0n) is 11.6. The fraction of sp³-hybridized carbons (Fsp3) is 0.667. The Balaban J connectivity index is 1.70. The Hall–Kier alpha value is -1.47. The summed E-state index contributed by atoms with van der Waals surface area (Å²) in [6.45, 7) is 2.58. The van der Waals surface area contributed by atoms with Crippen LogP contribution in [0.4, 0.5) is 0 Å². The Morgan fingerprint density at radius 2 is 2.05 bits per heavy atom. The average Bonchev–Trinajstić information content (AvgIpc) is 3.17. The van der Waals surface area contributed by atoms with Crippen LogP contribution in [-0.2, 0) is 14.9 Å². The summed E-state index contributed by atoms with van der Waals surface area (Å²) in [5, 5.41) is 13.0. The molecule has 3 rings (SSSR count). The van der Waals surface area contributed by atoms with Gasteiger partial charge in [-0.05, 0) is 6.42 Å². The lowest BCUT2D eigenvalue weighted by Gasteiger charge is -2.30. The van der Waals surface area contributed by atoms with E-state index in [-0.39, 0.29) is 6.04 Å². The van der Waals surface area contributed by atoms with Crippen molar-refractivity contribution in [1.82, 2.24) is 18.4 Å². The maximum atomic E-state index is 12.5. The van der Waals surface area contributed by atoms with Crippen LogP contribution in [0.3, 0.4) is 0 Å². The van der Waals surface area contributed by atoms with Gasteiger partial charge in [-0.3, -0.25) is 4.68 Å². The number of ether oxygens (including phenoxy) is 1. The molecule has 1 aromatic heterocycles. The standard InChI is InChI=1S/C12H17N5O3S/c13-7-11-8-14-17(9-11)12-1-2-16(10-12)21(18,19)15-3-5-20-6-4-15/h8-9,12H,1-6,10H2. The smallest absolute Gasteiger partial charge is 0.282 e. The Morgan fingerprint density at radius 3 is 2.71 bits per heavy atom. The van der Waals surface area contributed by atoms with E-state index in [2.05, 4.69) is 5.10 Å². The molecule has 0 N–H and O–H groups in total. The number of hydrogen-bond acceptors (Lipinski definition) is 5. The number of rotatable bonds is 3. The second kappa shape index (κ2) is 5.73. The highest BCUT2D eigenvalue weighted by atomic mass is 32.2. The molecule has 2 aliphatic rings. The molecule has 0 amide bonds. The lowest BCUT2D eigenvalue weighted by atomic mass is 10.3. The van der Waals surface area contributed by atoms with Crippen LogP contribution in [0.2, 0.25) is 0 Å². The molecule has 0 aliphatic carbocycles. The number of aromatic nitrogens is 2. The Morgan fingerprint density at radius 1 is 1.29 bits per heavy atom. The zero-order chi connectivity index (χ0) is 14.9. The van der Waals surface area contributed by atoms with Crippen LogP contribution >= 0.6 is 0 Å². The molecule has 0 radical (unpaired) electrons. The molecule has 114 valence electrons. The quantitative estimate of drug-likeness (QED) is 0.756. The number of morpholine rings is 1. The summed E-state index contributed by atoms with van der Waals surface area (Å²) in [6, 6.07) is 2.02. The first kappa shape index (κ1) is 14.5. The first-order chi connectivity index (χ1) is 10.1. The van der Waals surface area contributed by atoms with Crippen LogP contribution < -0.4 is 0 Å². The number of hydrogen-bond donors (Lipinski definition) is 0. The van der Waals surface area contributed by atoms with Gasteiger partial charge in [0.15, 0.2) is 0 Å². The van der Waals surface area contributed by atoms with E-state index in [0.29, 0.717) is 51.4 Å². The van der Waals surface area contributed by atoms with Crippen LogP contribution in [0, 0.1) is 11.3 Å². The van der Waals surface area contributed by atoms with Crippen molar-refractivity contribution in [3.05, 3.63) is 18.0 Å². The minimum atomic E-state index is -3.42. The highest BCUT2D eigenvalue weighted by Gasteiger charge is 2.37. The minimum Gasteiger partial charge on any atom is -0.379 e. The summed E-state index contributed by atoms with van der Waals surface area (Å²) in [6.07, 6.45) is 3.87. The molecule has 3 heterocycles. The highest BCUT2D eigenvalue weighted by molar-refractivity contribution is 7.86. The second-order valence-corrected chi connectivity index (χ2v) is 7.07. The van der Waals surface area contributed by atoms with E-state index in [1.807, 2.05) is 6.07 Å². The Labute approximate surface area is 123 Å². The summed E-state index contributed by atoms with van der Waals surface area (Å²) in [4.78, 5) is 0. The molecule has 0 saturated carbocycles. The van der Waals surface area contributed by atoms with Gasteiger partial charge in [0.05, 0.1) is 31.0 Å². The van der Waals surface area contributed by atoms with Crippen LogP contribution in [0.25, 0.3) is 0 Å². The molecular formula is C12H17N5O3S. The number of nitriles is 1. The maximum Gasteiger partial charge on any atom is 0.282 e. The molecule has 2 saturated heterocycles. The molecule has 1 unspecified atom stereocenters. The molecule has 1 aromatic rings. The molecule has 0 spiro atoms. The van der Waals surface area contributed by atoms with E-state index in [0.717, 1.165) is 0 Å². The molecule has 0 bridgehead atoms. The summed E-state index contributed by atoms with van der Waals surface area (Å²) in [7, 11) is -3.42. The Bertz CT molecular complexity index is 644. The summed E-state index contributed by atoms with van der Waals surface area (Å²) < 4.78 is 34.9. The third-order valence-electron chi connectivity index (χ3n) is 3.85. The minimum absolute atomic E-state index is 0.0112. The lowest BCUT2D eigenvalue weighted by Crippen LogP contribution is -2.47. The first-order valence-corrected chi connectivity index (χ1v) is 8.28. The van der Waals surface area contributed by atoms with Crippen molar-refractivity contribution in [3.8, 4) is 6.07 Å². The summed E-state index contributed by atoms with van der Waals surface area (Å²) >= 11 is 0. The van der Waals surface area contributed by atoms with E-state index in [1.54, 1.807) is 10.9 Å². The van der Waals surface area contributed by atoms with Crippen LogP contribution in [0.15, 0.2) is 12.4 Å². The molecular weight excluding hydrogens is 294 g/mol. The predicted molar refractivity (Wildman–Crippen MR) is 73.5 cm³/mol. The van der Waals surface area contributed by atoms with Gasteiger partial charge in [-0.15, -0.1) is 0 Å². The third kappa shape index (κ3) is 2.80. The van der Waals surface area contributed by atoms with E-state index in [4.69, 9.17) is 10.00 Å². The molecule has 9 heteroatoms. The van der Waals surface area contributed by atoms with Crippen molar-refractivity contribution in [2.24, 2.45) is 0 Å². The third-order valence-corrected chi connectivity index (χ3v) is 5.86. The van der Waals surface area contributed by atoms with Crippen molar-refractivity contribution in [3.63, 3.8) is 0 Å². The van der Waals surface area contributed by atoms with Crippen molar-refractivity contribution in [2.45, 2.75) is 12.5 Å². The van der Waals surface area contributed by atoms with E-state index in [1.165, 1.54) is 14.8 Å². The first-order valence-electron chi connectivity index (χ1n) is 6.88. The topological polar surface area (TPSA) is 91.5 Å². The molecule has 8 nitrogen and oxygen atoms in total. The SMILES string of the molecule is N#Cc1cnn(C2CCN(S(=O)(=O)N3CCOCC3)C2)c1. The van der Waals surface area contributed by atoms with Gasteiger partial charge >= 0.3 is 0 Å². The van der Waals surface area contributed by atoms with Gasteiger partial charge < -0.3 is 4.74 Å². The summed E-state index contributed by atoms with van der Waals surface area (Å²) in [5.41, 5.74) is 0.490. The monoisotopic (exact) mass is 311 g/mol. The van der Waals surface area contributed by atoms with Gasteiger partial charge in [0.25, 0.3) is 10.2 Å². The Kier molecular flexibility index (Phi) is 3.95. The second-order valence-electron chi connectivity index (χ2n) is 5.14. The molecule has 1 atom stereocenters. The fourth-order valence-corrected chi connectivity index (χ4v) is 4.31. The van der Waals surface area contributed by atoms with Crippen molar-refractivity contribution >= 4 is 10.2 Å². The largest absolute Gasteiger partial charge is 0.379 e. The van der Waals surface area contributed by atoms with Crippen molar-refractivity contribution in [1.29, 1.82) is 5.26 Å². The van der Waals surface area contributed by atoms with Gasteiger partial charge in [0.1, 0.15) is 6.07 Å². The van der Waals surface area contributed by atoms with Crippen LogP contribution in [-0.4, -0.2) is 66.2 Å². The zero-order valence-corrected chi connectivity index (χ0v) is 12.4. The van der Waals surface area contributed by atoms with Crippen LogP contribution in [0.1, 0.15) is 18.0 Å². The van der Waals surface area contributed by atoms with Gasteiger partial charge in [0, 0.05) is 32.4 Å². The summed E-state index contributed by atoms with van der Waals surface area (Å²) in [5.74, 6) is 0. The van der Waals surface area contributed by atoms with Crippen LogP contribution in [0.5, 0.6) is 0 Å². The lowest BCUT2D eigenvalue weighted by molar-refractivity contribution is 0.0705. The number of nitrogens with zero attached hydrogens (tertiary/aromatic N) is 5. The van der Waals surface area contributed by atoms with E-state index in [9.17, 15) is 8.42 Å². The molecule has 2 fully saturated rings. The van der Waals surface area contributed by atoms with Gasteiger partial charge in [-0.1, -0.05) is 0 Å². The van der Waals surface area contributed by atoms with E-state index < -0.39 is 10.2 Å². The average molecular weight is 311 g/mol. The normalized spacial score (nSPS) is 25.0. The van der Waals surface area contributed by atoms with Crippen molar-refractivity contribution < 1.29 is 13.2 Å². The van der Waals surface area contributed by atoms with Crippen molar-refractivity contribution in [2.75, 3.05) is 39.4 Å².